The minimum Gasteiger partial charge on any atom is -0.497 e. The average molecular weight is 419 g/mol. The first-order chi connectivity index (χ1) is 15.7. The SMILES string of the molecule is COc1ccc(-c2cc3c4c(c2)CCc2cc(-c5ccc(OC)cc5)cc(c2-4)CC3)cc1. The van der Waals surface area contributed by atoms with Gasteiger partial charge in [0.2, 0.25) is 0 Å². The lowest BCUT2D eigenvalue weighted by Gasteiger charge is -2.31. The first-order valence-electron chi connectivity index (χ1n) is 11.3. The van der Waals surface area contributed by atoms with E-state index in [9.17, 15) is 0 Å². The molecule has 0 radical (unpaired) electrons. The summed E-state index contributed by atoms with van der Waals surface area (Å²) in [4.78, 5) is 0. The first kappa shape index (κ1) is 19.2. The van der Waals surface area contributed by atoms with E-state index in [1.807, 2.05) is 0 Å². The van der Waals surface area contributed by atoms with Crippen LogP contribution in [-0.4, -0.2) is 14.2 Å². The Hall–Kier alpha value is -3.52. The molecule has 32 heavy (non-hydrogen) atoms. The molecule has 0 spiro atoms. The topological polar surface area (TPSA) is 18.5 Å². The van der Waals surface area contributed by atoms with Crippen molar-refractivity contribution >= 4 is 0 Å². The van der Waals surface area contributed by atoms with Gasteiger partial charge in [0, 0.05) is 0 Å². The molecular formula is C30H26O2. The van der Waals surface area contributed by atoms with Gasteiger partial charge < -0.3 is 9.47 Å². The normalized spacial score (nSPS) is 13.4. The third-order valence-corrected chi connectivity index (χ3v) is 7.03. The predicted molar refractivity (Wildman–Crippen MR) is 131 cm³/mol. The highest BCUT2D eigenvalue weighted by atomic mass is 16.5. The van der Waals surface area contributed by atoms with Gasteiger partial charge in [0.1, 0.15) is 11.5 Å². The largest absolute Gasteiger partial charge is 0.497 e. The van der Waals surface area contributed by atoms with E-state index >= 15 is 0 Å². The zero-order valence-electron chi connectivity index (χ0n) is 18.6. The Kier molecular flexibility index (Phi) is 4.53. The lowest BCUT2D eigenvalue weighted by Crippen LogP contribution is -2.14. The van der Waals surface area contributed by atoms with Gasteiger partial charge in [-0.15, -0.1) is 0 Å². The Morgan fingerprint density at radius 2 is 0.750 bits per heavy atom. The van der Waals surface area contributed by atoms with Gasteiger partial charge in [-0.25, -0.2) is 0 Å². The number of hydrogen-bond acceptors (Lipinski definition) is 2. The fourth-order valence-electron chi connectivity index (χ4n) is 5.41. The van der Waals surface area contributed by atoms with Crippen LogP contribution in [0.3, 0.4) is 0 Å². The fourth-order valence-corrected chi connectivity index (χ4v) is 5.41. The van der Waals surface area contributed by atoms with Crippen molar-refractivity contribution in [3.63, 3.8) is 0 Å². The van der Waals surface area contributed by atoms with Crippen LogP contribution in [0.15, 0.2) is 72.8 Å². The van der Waals surface area contributed by atoms with Crippen LogP contribution < -0.4 is 9.47 Å². The van der Waals surface area contributed by atoms with Crippen LogP contribution in [0.2, 0.25) is 0 Å². The van der Waals surface area contributed by atoms with Crippen LogP contribution in [0, 0.1) is 0 Å². The van der Waals surface area contributed by atoms with Crippen molar-refractivity contribution in [1.29, 1.82) is 0 Å². The summed E-state index contributed by atoms with van der Waals surface area (Å²) in [6, 6.07) is 26.5. The van der Waals surface area contributed by atoms with E-state index in [1.165, 1.54) is 55.6 Å². The molecule has 0 fully saturated rings. The van der Waals surface area contributed by atoms with E-state index in [-0.39, 0.29) is 0 Å². The number of aryl methyl sites for hydroxylation is 4. The molecule has 4 aromatic carbocycles. The van der Waals surface area contributed by atoms with Crippen molar-refractivity contribution < 1.29 is 9.47 Å². The van der Waals surface area contributed by atoms with Crippen LogP contribution in [0.25, 0.3) is 33.4 Å². The molecule has 0 atom stereocenters. The molecule has 2 aliphatic carbocycles. The molecule has 2 heteroatoms. The molecular weight excluding hydrogens is 392 g/mol. The molecule has 2 nitrogen and oxygen atoms in total. The van der Waals surface area contributed by atoms with Crippen LogP contribution in [0.4, 0.5) is 0 Å². The predicted octanol–water partition coefficient (Wildman–Crippen LogP) is 6.90. The maximum Gasteiger partial charge on any atom is 0.118 e. The molecule has 0 heterocycles. The van der Waals surface area contributed by atoms with Crippen molar-refractivity contribution in [2.75, 3.05) is 14.2 Å². The molecule has 0 saturated carbocycles. The zero-order chi connectivity index (χ0) is 21.7. The highest BCUT2D eigenvalue weighted by molar-refractivity contribution is 5.86. The molecule has 2 aliphatic rings. The summed E-state index contributed by atoms with van der Waals surface area (Å²) >= 11 is 0. The summed E-state index contributed by atoms with van der Waals surface area (Å²) in [5, 5.41) is 0. The molecule has 4 aromatic rings. The molecule has 0 amide bonds. The summed E-state index contributed by atoms with van der Waals surface area (Å²) < 4.78 is 10.7. The van der Waals surface area contributed by atoms with E-state index in [0.717, 1.165) is 37.2 Å². The molecule has 0 bridgehead atoms. The standard InChI is InChI=1S/C30H26O2/c1-31-27-11-7-19(8-12-27)25-15-21-3-5-23-17-26(20-9-13-28(32-2)14-10-20)18-24-6-4-22(16-25)29(21)30(23)24/h7-18H,3-6H2,1-2H3. The van der Waals surface area contributed by atoms with E-state index in [1.54, 1.807) is 14.2 Å². The summed E-state index contributed by atoms with van der Waals surface area (Å²) in [5.41, 5.74) is 14.2. The van der Waals surface area contributed by atoms with E-state index in [2.05, 4.69) is 72.8 Å². The highest BCUT2D eigenvalue weighted by Crippen LogP contribution is 2.45. The lowest BCUT2D eigenvalue weighted by atomic mass is 9.73. The highest BCUT2D eigenvalue weighted by Gasteiger charge is 2.27. The molecule has 0 N–H and O–H groups in total. The summed E-state index contributed by atoms with van der Waals surface area (Å²) in [6.45, 7) is 0. The monoisotopic (exact) mass is 418 g/mol. The van der Waals surface area contributed by atoms with Gasteiger partial charge >= 0.3 is 0 Å². The zero-order valence-corrected chi connectivity index (χ0v) is 18.6. The second-order valence-electron chi connectivity index (χ2n) is 8.80. The second-order valence-corrected chi connectivity index (χ2v) is 8.80. The molecule has 0 aromatic heterocycles. The van der Waals surface area contributed by atoms with Crippen LogP contribution >= 0.6 is 0 Å². The fraction of sp³-hybridized carbons (Fsp3) is 0.200. The third kappa shape index (κ3) is 3.10. The van der Waals surface area contributed by atoms with Crippen molar-refractivity contribution in [1.82, 2.24) is 0 Å². The molecule has 158 valence electrons. The molecule has 0 unspecified atom stereocenters. The Morgan fingerprint density at radius 3 is 1.03 bits per heavy atom. The van der Waals surface area contributed by atoms with Gasteiger partial charge in [-0.2, -0.15) is 0 Å². The van der Waals surface area contributed by atoms with Crippen molar-refractivity contribution in [2.45, 2.75) is 25.7 Å². The molecule has 0 aliphatic heterocycles. The Labute approximate surface area is 189 Å². The van der Waals surface area contributed by atoms with Gasteiger partial charge in [0.25, 0.3) is 0 Å². The number of methoxy groups -OCH3 is 2. The smallest absolute Gasteiger partial charge is 0.118 e. The van der Waals surface area contributed by atoms with Crippen LogP contribution in [0.5, 0.6) is 11.5 Å². The van der Waals surface area contributed by atoms with E-state index in [0.29, 0.717) is 0 Å². The van der Waals surface area contributed by atoms with E-state index in [4.69, 9.17) is 9.47 Å². The lowest BCUT2D eigenvalue weighted by molar-refractivity contribution is 0.415. The Balaban J connectivity index is 1.43. The van der Waals surface area contributed by atoms with Gasteiger partial charge in [0.15, 0.2) is 0 Å². The number of hydrogen-bond donors (Lipinski definition) is 0. The van der Waals surface area contributed by atoms with Crippen molar-refractivity contribution in [3.8, 4) is 44.9 Å². The van der Waals surface area contributed by atoms with E-state index < -0.39 is 0 Å². The molecule has 6 rings (SSSR count). The van der Waals surface area contributed by atoms with Gasteiger partial charge in [-0.3, -0.25) is 0 Å². The average Bonchev–Trinajstić information content (AvgIpc) is 2.87. The maximum absolute atomic E-state index is 5.33. The number of rotatable bonds is 4. The summed E-state index contributed by atoms with van der Waals surface area (Å²) in [7, 11) is 3.43. The number of benzene rings is 4. The van der Waals surface area contributed by atoms with Gasteiger partial charge in [-0.1, -0.05) is 48.5 Å². The van der Waals surface area contributed by atoms with Gasteiger partial charge in [0.05, 0.1) is 14.2 Å². The Bertz CT molecular complexity index is 1160. The Morgan fingerprint density at radius 1 is 0.438 bits per heavy atom. The third-order valence-electron chi connectivity index (χ3n) is 7.03. The first-order valence-corrected chi connectivity index (χ1v) is 11.3. The summed E-state index contributed by atoms with van der Waals surface area (Å²) in [6.07, 6.45) is 4.41. The molecule has 0 saturated heterocycles. The summed E-state index contributed by atoms with van der Waals surface area (Å²) in [5.74, 6) is 1.80. The van der Waals surface area contributed by atoms with Crippen LogP contribution in [0.1, 0.15) is 22.3 Å². The van der Waals surface area contributed by atoms with Crippen molar-refractivity contribution in [3.05, 3.63) is 95.1 Å². The van der Waals surface area contributed by atoms with Crippen LogP contribution in [-0.2, 0) is 25.7 Å². The van der Waals surface area contributed by atoms with Crippen molar-refractivity contribution in [2.24, 2.45) is 0 Å². The second kappa shape index (κ2) is 7.56. The quantitative estimate of drug-likeness (QED) is 0.359. The minimum absolute atomic E-state index is 0.902. The van der Waals surface area contributed by atoms with Gasteiger partial charge in [-0.05, 0) is 106 Å². The number of ether oxygens (including phenoxy) is 2. The maximum atomic E-state index is 5.33. The minimum atomic E-state index is 0.902.